The van der Waals surface area contributed by atoms with Crippen LogP contribution in [0.5, 0.6) is 5.75 Å². The van der Waals surface area contributed by atoms with E-state index >= 15 is 0 Å². The van der Waals surface area contributed by atoms with Gasteiger partial charge in [-0.3, -0.25) is 9.59 Å². The number of Topliss-reactive ketones (excluding diaryl/α,β-unsaturated/α-hetero) is 1. The van der Waals surface area contributed by atoms with E-state index in [1.54, 1.807) is 37.4 Å². The first kappa shape index (κ1) is 25.4. The topological polar surface area (TPSA) is 84.9 Å². The lowest BCUT2D eigenvalue weighted by atomic mass is 9.81. The zero-order valence-corrected chi connectivity index (χ0v) is 21.4. The number of piperidine rings is 1. The van der Waals surface area contributed by atoms with Gasteiger partial charge in [-0.1, -0.05) is 6.07 Å². The normalized spacial score (nSPS) is 18.4. The predicted molar refractivity (Wildman–Crippen MR) is 130 cm³/mol. The lowest BCUT2D eigenvalue weighted by Crippen LogP contribution is -2.56. The minimum absolute atomic E-state index is 0.104. The highest BCUT2D eigenvalue weighted by atomic mass is 32.2. The Balaban J connectivity index is 1.67. The molecular formula is C25H36N2O5S. The molecule has 1 saturated heterocycles. The van der Waals surface area contributed by atoms with Gasteiger partial charge in [0.25, 0.3) is 0 Å². The number of nitrogens with one attached hydrogen (secondary N) is 1. The van der Waals surface area contributed by atoms with Gasteiger partial charge >= 0.3 is 6.09 Å². The second-order valence-corrected chi connectivity index (χ2v) is 11.1. The van der Waals surface area contributed by atoms with Gasteiger partial charge in [-0.05, 0) is 70.2 Å². The zero-order valence-electron chi connectivity index (χ0n) is 20.6. The Hall–Kier alpha value is -2.22. The summed E-state index contributed by atoms with van der Waals surface area (Å²) in [5, 5.41) is 2.76. The van der Waals surface area contributed by atoms with E-state index in [-0.39, 0.29) is 11.7 Å². The molecule has 0 saturated carbocycles. The van der Waals surface area contributed by atoms with E-state index in [0.717, 1.165) is 16.9 Å². The minimum atomic E-state index is -0.638. The number of alkyl carbamates (subject to hydrolysis) is 1. The van der Waals surface area contributed by atoms with Gasteiger partial charge in [-0.25, -0.2) is 4.79 Å². The molecular weight excluding hydrogens is 440 g/mol. The van der Waals surface area contributed by atoms with E-state index in [2.05, 4.69) is 5.32 Å². The fourth-order valence-corrected chi connectivity index (χ4v) is 4.99. The number of likely N-dealkylation sites (tertiary alicyclic amines) is 1. The molecule has 0 radical (unpaired) electrons. The third-order valence-electron chi connectivity index (χ3n) is 6.11. The van der Waals surface area contributed by atoms with Crippen LogP contribution in [0.4, 0.5) is 4.79 Å². The fourth-order valence-electron chi connectivity index (χ4n) is 4.51. The summed E-state index contributed by atoms with van der Waals surface area (Å²) in [6.07, 6.45) is 3.41. The molecule has 1 N–H and O–H groups in total. The highest BCUT2D eigenvalue weighted by molar-refractivity contribution is 7.98. The lowest BCUT2D eigenvalue weighted by Gasteiger charge is -2.45. The molecule has 7 nitrogen and oxygen atoms in total. The van der Waals surface area contributed by atoms with Crippen molar-refractivity contribution in [1.29, 1.82) is 0 Å². The van der Waals surface area contributed by atoms with Crippen LogP contribution in [0.25, 0.3) is 0 Å². The van der Waals surface area contributed by atoms with Crippen molar-refractivity contribution in [3.8, 4) is 5.75 Å². The van der Waals surface area contributed by atoms with Crippen LogP contribution in [0.1, 0.15) is 67.9 Å². The first-order chi connectivity index (χ1) is 15.4. The van der Waals surface area contributed by atoms with Crippen LogP contribution in [-0.4, -0.2) is 65.0 Å². The van der Waals surface area contributed by atoms with Crippen LogP contribution in [0.15, 0.2) is 12.1 Å². The Morgan fingerprint density at radius 2 is 1.91 bits per heavy atom. The predicted octanol–water partition coefficient (Wildman–Crippen LogP) is 4.28. The second kappa shape index (κ2) is 9.95. The Kier molecular flexibility index (Phi) is 7.66. The van der Waals surface area contributed by atoms with Gasteiger partial charge in [0.1, 0.15) is 23.0 Å². The summed E-state index contributed by atoms with van der Waals surface area (Å²) in [6.45, 7) is 10.3. The molecule has 1 aromatic rings. The Morgan fingerprint density at radius 1 is 1.24 bits per heavy atom. The number of hydrogen-bond donors (Lipinski definition) is 1. The number of rotatable bonds is 5. The monoisotopic (exact) mass is 476 g/mol. The maximum absolute atomic E-state index is 13.3. The molecule has 1 fully saturated rings. The fraction of sp³-hybridized carbons (Fsp3) is 0.640. The molecule has 1 atom stereocenters. The quantitative estimate of drug-likeness (QED) is 0.683. The highest BCUT2D eigenvalue weighted by Crippen LogP contribution is 2.41. The summed E-state index contributed by atoms with van der Waals surface area (Å²) in [4.78, 5) is 40.3. The second-order valence-electron chi connectivity index (χ2n) is 10.1. The van der Waals surface area contributed by atoms with Crippen molar-refractivity contribution < 1.29 is 23.9 Å². The number of hydrogen-bond acceptors (Lipinski definition) is 6. The number of carbonyl (C=O) groups is 3. The van der Waals surface area contributed by atoms with Crippen LogP contribution in [0.3, 0.4) is 0 Å². The maximum Gasteiger partial charge on any atom is 0.408 e. The van der Waals surface area contributed by atoms with Crippen molar-refractivity contribution in [2.45, 2.75) is 77.5 Å². The molecule has 1 spiro atoms. The minimum Gasteiger partial charge on any atom is -0.486 e. The molecule has 8 heteroatoms. The molecule has 0 aromatic heterocycles. The molecule has 0 bridgehead atoms. The molecule has 2 aliphatic heterocycles. The van der Waals surface area contributed by atoms with E-state index in [9.17, 15) is 14.4 Å². The SMILES string of the molecule is CSCCC(NC(=O)OC(C)(C)C)C(=O)N1CCC2(CC1)CC(=O)c1cc(C)cc(C)c1O2. The number of nitrogens with zero attached hydrogens (tertiary/aromatic N) is 1. The molecule has 2 aliphatic rings. The standard InChI is InChI=1S/C25H36N2O5S/c1-16-13-17(2)21-18(14-16)20(28)15-25(31-21)8-10-27(11-9-25)22(29)19(7-12-33-6)26-23(30)32-24(3,4)5/h13-14,19H,7-12,15H2,1-6H3,(H,26,30). The maximum atomic E-state index is 13.3. The van der Waals surface area contributed by atoms with E-state index in [4.69, 9.17) is 9.47 Å². The molecule has 182 valence electrons. The van der Waals surface area contributed by atoms with Gasteiger partial charge in [0.2, 0.25) is 5.91 Å². The van der Waals surface area contributed by atoms with Gasteiger partial charge in [0, 0.05) is 25.9 Å². The Labute approximate surface area is 200 Å². The summed E-state index contributed by atoms with van der Waals surface area (Å²) in [5.74, 6) is 1.42. The smallest absolute Gasteiger partial charge is 0.408 e. The van der Waals surface area contributed by atoms with E-state index in [1.807, 2.05) is 32.2 Å². The number of fused-ring (bicyclic) bond motifs is 1. The molecule has 33 heavy (non-hydrogen) atoms. The average Bonchev–Trinajstić information content (AvgIpc) is 2.71. The average molecular weight is 477 g/mol. The van der Waals surface area contributed by atoms with Crippen molar-refractivity contribution >= 4 is 29.5 Å². The Bertz CT molecular complexity index is 916. The summed E-state index contributed by atoms with van der Waals surface area (Å²) in [5.41, 5.74) is 1.47. The lowest BCUT2D eigenvalue weighted by molar-refractivity contribution is -0.137. The van der Waals surface area contributed by atoms with Gasteiger partial charge in [-0.15, -0.1) is 0 Å². The number of benzene rings is 1. The third kappa shape index (κ3) is 6.22. The summed E-state index contributed by atoms with van der Waals surface area (Å²) in [7, 11) is 0. The molecule has 3 rings (SSSR count). The molecule has 2 amide bonds. The van der Waals surface area contributed by atoms with Crippen LogP contribution in [0, 0.1) is 13.8 Å². The van der Waals surface area contributed by atoms with E-state index < -0.39 is 23.3 Å². The van der Waals surface area contributed by atoms with Crippen LogP contribution in [-0.2, 0) is 9.53 Å². The molecule has 1 unspecified atom stereocenters. The van der Waals surface area contributed by atoms with Crippen LogP contribution in [0.2, 0.25) is 0 Å². The number of ether oxygens (including phenoxy) is 2. The summed E-state index contributed by atoms with van der Waals surface area (Å²) < 4.78 is 11.8. The molecule has 1 aromatic carbocycles. The van der Waals surface area contributed by atoms with Gasteiger partial charge in [0.15, 0.2) is 5.78 Å². The number of ketones is 1. The van der Waals surface area contributed by atoms with E-state index in [1.165, 1.54) is 0 Å². The van der Waals surface area contributed by atoms with Crippen molar-refractivity contribution in [1.82, 2.24) is 10.2 Å². The van der Waals surface area contributed by atoms with Crippen molar-refractivity contribution in [2.24, 2.45) is 0 Å². The van der Waals surface area contributed by atoms with Crippen molar-refractivity contribution in [2.75, 3.05) is 25.1 Å². The van der Waals surface area contributed by atoms with Crippen molar-refractivity contribution in [3.05, 3.63) is 28.8 Å². The van der Waals surface area contributed by atoms with Crippen LogP contribution < -0.4 is 10.1 Å². The number of thioether (sulfide) groups is 1. The van der Waals surface area contributed by atoms with Gasteiger partial charge < -0.3 is 19.7 Å². The van der Waals surface area contributed by atoms with Crippen molar-refractivity contribution in [3.63, 3.8) is 0 Å². The zero-order chi connectivity index (χ0) is 24.4. The summed E-state index contributed by atoms with van der Waals surface area (Å²) >= 11 is 1.63. The largest absolute Gasteiger partial charge is 0.486 e. The molecule has 0 aliphatic carbocycles. The van der Waals surface area contributed by atoms with Gasteiger partial charge in [-0.2, -0.15) is 11.8 Å². The number of aryl methyl sites for hydroxylation is 2. The van der Waals surface area contributed by atoms with Gasteiger partial charge in [0.05, 0.1) is 12.0 Å². The van der Waals surface area contributed by atoms with Crippen LogP contribution >= 0.6 is 11.8 Å². The number of amides is 2. The summed E-state index contributed by atoms with van der Waals surface area (Å²) in [6, 6.07) is 3.29. The number of carbonyl (C=O) groups excluding carboxylic acids is 3. The Morgan fingerprint density at radius 3 is 2.52 bits per heavy atom. The third-order valence-corrected chi connectivity index (χ3v) is 6.75. The highest BCUT2D eigenvalue weighted by Gasteiger charge is 2.45. The molecule has 2 heterocycles. The first-order valence-electron chi connectivity index (χ1n) is 11.5. The first-order valence-corrected chi connectivity index (χ1v) is 12.9. The van der Waals surface area contributed by atoms with E-state index in [0.29, 0.717) is 50.1 Å².